The number of hydrogen-bond acceptors (Lipinski definition) is 2. The van der Waals surface area contributed by atoms with Gasteiger partial charge in [0, 0.05) is 18.0 Å². The summed E-state index contributed by atoms with van der Waals surface area (Å²) in [5.41, 5.74) is 1.87. The standard InChI is InChI=1S/C15H18N2O/c1-12(18)11-15(2,3)14-9-10-16-17(14)13-7-5-4-6-8-13/h4-10H,11H2,1-3H3. The predicted octanol–water partition coefficient (Wildman–Crippen LogP) is 3.13. The van der Waals surface area contributed by atoms with Crippen LogP contribution in [0.2, 0.25) is 0 Å². The fourth-order valence-corrected chi connectivity index (χ4v) is 2.30. The number of rotatable bonds is 4. The molecule has 0 unspecified atom stereocenters. The van der Waals surface area contributed by atoms with E-state index in [9.17, 15) is 4.79 Å². The molecule has 0 atom stereocenters. The van der Waals surface area contributed by atoms with Gasteiger partial charge in [-0.05, 0) is 25.1 Å². The highest BCUT2D eigenvalue weighted by Gasteiger charge is 2.26. The molecule has 2 rings (SSSR count). The molecule has 0 N–H and O–H groups in total. The van der Waals surface area contributed by atoms with E-state index in [1.807, 2.05) is 41.1 Å². The molecule has 0 aliphatic rings. The first-order valence-electron chi connectivity index (χ1n) is 6.10. The fraction of sp³-hybridized carbons (Fsp3) is 0.333. The van der Waals surface area contributed by atoms with Crippen molar-refractivity contribution in [3.8, 4) is 5.69 Å². The molecule has 1 aromatic heterocycles. The monoisotopic (exact) mass is 242 g/mol. The maximum Gasteiger partial charge on any atom is 0.130 e. The number of aromatic nitrogens is 2. The third-order valence-corrected chi connectivity index (χ3v) is 3.03. The van der Waals surface area contributed by atoms with E-state index in [2.05, 4.69) is 18.9 Å². The van der Waals surface area contributed by atoms with Crippen LogP contribution < -0.4 is 0 Å². The topological polar surface area (TPSA) is 34.9 Å². The molecule has 1 heterocycles. The van der Waals surface area contributed by atoms with Gasteiger partial charge in [-0.1, -0.05) is 32.0 Å². The third-order valence-electron chi connectivity index (χ3n) is 3.03. The minimum Gasteiger partial charge on any atom is -0.300 e. The molecular formula is C15H18N2O. The molecule has 3 heteroatoms. The molecule has 0 aliphatic heterocycles. The molecule has 2 aromatic rings. The van der Waals surface area contributed by atoms with Gasteiger partial charge in [0.25, 0.3) is 0 Å². The summed E-state index contributed by atoms with van der Waals surface area (Å²) in [5.74, 6) is 0.195. The highest BCUT2D eigenvalue weighted by atomic mass is 16.1. The molecule has 0 saturated carbocycles. The zero-order valence-corrected chi connectivity index (χ0v) is 11.1. The van der Waals surface area contributed by atoms with Crippen LogP contribution in [0.1, 0.15) is 32.9 Å². The SMILES string of the molecule is CC(=O)CC(C)(C)c1ccnn1-c1ccccc1. The maximum atomic E-state index is 11.4. The Morgan fingerprint density at radius 3 is 2.50 bits per heavy atom. The first-order valence-corrected chi connectivity index (χ1v) is 6.10. The van der Waals surface area contributed by atoms with Crippen LogP contribution in [-0.2, 0) is 10.2 Å². The van der Waals surface area contributed by atoms with Crippen LogP contribution in [0.5, 0.6) is 0 Å². The Bertz CT molecular complexity index is 541. The van der Waals surface area contributed by atoms with E-state index in [0.29, 0.717) is 6.42 Å². The molecule has 0 saturated heterocycles. The molecule has 0 fully saturated rings. The summed E-state index contributed by atoms with van der Waals surface area (Å²) in [4.78, 5) is 11.4. The summed E-state index contributed by atoms with van der Waals surface area (Å²) in [6, 6.07) is 12.0. The minimum absolute atomic E-state index is 0.195. The van der Waals surface area contributed by atoms with E-state index in [0.717, 1.165) is 11.4 Å². The van der Waals surface area contributed by atoms with Crippen LogP contribution >= 0.6 is 0 Å². The predicted molar refractivity (Wildman–Crippen MR) is 71.9 cm³/mol. The number of Topliss-reactive ketones (excluding diaryl/α,β-unsaturated/α-hetero) is 1. The number of para-hydroxylation sites is 1. The summed E-state index contributed by atoms with van der Waals surface area (Å²) in [6.45, 7) is 5.78. The van der Waals surface area contributed by atoms with Gasteiger partial charge in [0.1, 0.15) is 5.78 Å². The van der Waals surface area contributed by atoms with Crippen molar-refractivity contribution in [1.29, 1.82) is 0 Å². The van der Waals surface area contributed by atoms with E-state index >= 15 is 0 Å². The molecule has 0 spiro atoms. The van der Waals surface area contributed by atoms with Gasteiger partial charge in [0.05, 0.1) is 11.4 Å². The number of carbonyl (C=O) groups is 1. The van der Waals surface area contributed by atoms with Gasteiger partial charge in [-0.3, -0.25) is 4.79 Å². The van der Waals surface area contributed by atoms with Crippen molar-refractivity contribution in [2.75, 3.05) is 0 Å². The fourth-order valence-electron chi connectivity index (χ4n) is 2.30. The minimum atomic E-state index is -0.210. The average molecular weight is 242 g/mol. The Hall–Kier alpha value is -1.90. The van der Waals surface area contributed by atoms with Gasteiger partial charge in [-0.25, -0.2) is 4.68 Å². The Balaban J connectivity index is 2.42. The zero-order valence-electron chi connectivity index (χ0n) is 11.1. The highest BCUT2D eigenvalue weighted by Crippen LogP contribution is 2.28. The maximum absolute atomic E-state index is 11.4. The zero-order chi connectivity index (χ0) is 13.2. The third kappa shape index (κ3) is 2.50. The van der Waals surface area contributed by atoms with Gasteiger partial charge >= 0.3 is 0 Å². The van der Waals surface area contributed by atoms with Crippen LogP contribution in [0.4, 0.5) is 0 Å². The normalized spacial score (nSPS) is 11.5. The largest absolute Gasteiger partial charge is 0.300 e. The molecule has 0 amide bonds. The van der Waals surface area contributed by atoms with Crippen molar-refractivity contribution in [3.63, 3.8) is 0 Å². The molecule has 3 nitrogen and oxygen atoms in total. The lowest BCUT2D eigenvalue weighted by molar-refractivity contribution is -0.118. The molecule has 18 heavy (non-hydrogen) atoms. The lowest BCUT2D eigenvalue weighted by Crippen LogP contribution is -2.24. The number of carbonyl (C=O) groups excluding carboxylic acids is 1. The van der Waals surface area contributed by atoms with E-state index in [-0.39, 0.29) is 11.2 Å². The van der Waals surface area contributed by atoms with Gasteiger partial charge < -0.3 is 0 Å². The summed E-state index contributed by atoms with van der Waals surface area (Å²) in [7, 11) is 0. The number of nitrogens with zero attached hydrogens (tertiary/aromatic N) is 2. The van der Waals surface area contributed by atoms with Gasteiger partial charge in [-0.15, -0.1) is 0 Å². The van der Waals surface area contributed by atoms with E-state index in [1.165, 1.54) is 0 Å². The molecular weight excluding hydrogens is 224 g/mol. The van der Waals surface area contributed by atoms with E-state index < -0.39 is 0 Å². The van der Waals surface area contributed by atoms with Crippen LogP contribution in [0, 0.1) is 0 Å². The Morgan fingerprint density at radius 2 is 1.89 bits per heavy atom. The van der Waals surface area contributed by atoms with Crippen molar-refractivity contribution in [2.24, 2.45) is 0 Å². The number of hydrogen-bond donors (Lipinski definition) is 0. The van der Waals surface area contributed by atoms with Crippen molar-refractivity contribution >= 4 is 5.78 Å². The Morgan fingerprint density at radius 1 is 1.22 bits per heavy atom. The summed E-state index contributed by atoms with van der Waals surface area (Å²) in [6.07, 6.45) is 2.30. The lowest BCUT2D eigenvalue weighted by atomic mass is 9.84. The van der Waals surface area contributed by atoms with Crippen molar-refractivity contribution in [1.82, 2.24) is 9.78 Å². The van der Waals surface area contributed by atoms with Crippen molar-refractivity contribution < 1.29 is 4.79 Å². The molecule has 0 aliphatic carbocycles. The van der Waals surface area contributed by atoms with Crippen LogP contribution in [0.25, 0.3) is 5.69 Å². The number of benzene rings is 1. The lowest BCUT2D eigenvalue weighted by Gasteiger charge is -2.24. The van der Waals surface area contributed by atoms with Crippen molar-refractivity contribution in [2.45, 2.75) is 32.6 Å². The average Bonchev–Trinajstić information content (AvgIpc) is 2.78. The quantitative estimate of drug-likeness (QED) is 0.825. The van der Waals surface area contributed by atoms with Crippen LogP contribution in [0.15, 0.2) is 42.6 Å². The van der Waals surface area contributed by atoms with E-state index in [4.69, 9.17) is 0 Å². The van der Waals surface area contributed by atoms with Gasteiger partial charge in [0.15, 0.2) is 0 Å². The Labute approximate surface area is 107 Å². The van der Waals surface area contributed by atoms with E-state index in [1.54, 1.807) is 13.1 Å². The molecule has 0 bridgehead atoms. The molecule has 0 radical (unpaired) electrons. The van der Waals surface area contributed by atoms with Crippen LogP contribution in [0.3, 0.4) is 0 Å². The van der Waals surface area contributed by atoms with Gasteiger partial charge in [0.2, 0.25) is 0 Å². The van der Waals surface area contributed by atoms with Crippen molar-refractivity contribution in [3.05, 3.63) is 48.3 Å². The second kappa shape index (κ2) is 4.77. The molecule has 1 aromatic carbocycles. The smallest absolute Gasteiger partial charge is 0.130 e. The second-order valence-corrected chi connectivity index (χ2v) is 5.23. The van der Waals surface area contributed by atoms with Gasteiger partial charge in [-0.2, -0.15) is 5.10 Å². The van der Waals surface area contributed by atoms with Crippen LogP contribution in [-0.4, -0.2) is 15.6 Å². The molecule has 94 valence electrons. The second-order valence-electron chi connectivity index (χ2n) is 5.23. The summed E-state index contributed by atoms with van der Waals surface area (Å²) in [5, 5.41) is 4.37. The number of ketones is 1. The first-order chi connectivity index (χ1) is 8.50. The summed E-state index contributed by atoms with van der Waals surface area (Å²) < 4.78 is 1.91. The first kappa shape index (κ1) is 12.6. The highest BCUT2D eigenvalue weighted by molar-refractivity contribution is 5.77. The summed E-state index contributed by atoms with van der Waals surface area (Å²) >= 11 is 0. The Kier molecular flexibility index (Phi) is 3.32.